The number of amides is 1. The van der Waals surface area contributed by atoms with Gasteiger partial charge >= 0.3 is 12.3 Å². The minimum Gasteiger partial charge on any atom is -0.462 e. The van der Waals surface area contributed by atoms with E-state index in [0.29, 0.717) is 16.8 Å². The number of anilines is 1. The summed E-state index contributed by atoms with van der Waals surface area (Å²) in [5, 5.41) is 11.7. The van der Waals surface area contributed by atoms with Crippen molar-refractivity contribution < 1.29 is 32.2 Å². The fourth-order valence-electron chi connectivity index (χ4n) is 2.18. The summed E-state index contributed by atoms with van der Waals surface area (Å²) in [6, 6.07) is 12.3. The molecule has 0 radical (unpaired) electrons. The number of hydrogen-bond donors (Lipinski definition) is 1. The van der Waals surface area contributed by atoms with Crippen molar-refractivity contribution in [2.45, 2.75) is 13.3 Å². The van der Waals surface area contributed by atoms with Crippen molar-refractivity contribution in [3.05, 3.63) is 65.2 Å². The molecule has 6 nitrogen and oxygen atoms in total. The number of esters is 1. The normalized spacial score (nSPS) is 11.3. The van der Waals surface area contributed by atoms with E-state index in [1.807, 2.05) is 0 Å². The van der Waals surface area contributed by atoms with Crippen LogP contribution in [0.2, 0.25) is 0 Å². The van der Waals surface area contributed by atoms with E-state index in [9.17, 15) is 28.0 Å². The van der Waals surface area contributed by atoms with E-state index >= 15 is 0 Å². The molecule has 2 rings (SSSR count). The second-order valence-corrected chi connectivity index (χ2v) is 5.54. The van der Waals surface area contributed by atoms with Crippen LogP contribution >= 0.6 is 0 Å². The van der Waals surface area contributed by atoms with Gasteiger partial charge in [-0.15, -0.1) is 13.2 Å². The lowest BCUT2D eigenvalue weighted by molar-refractivity contribution is -0.274. The van der Waals surface area contributed by atoms with Crippen LogP contribution in [0.5, 0.6) is 5.75 Å². The number of alkyl halides is 3. The Morgan fingerprint density at radius 1 is 1.10 bits per heavy atom. The van der Waals surface area contributed by atoms with Crippen molar-refractivity contribution >= 4 is 23.6 Å². The van der Waals surface area contributed by atoms with E-state index in [0.717, 1.165) is 12.1 Å². The second-order valence-electron chi connectivity index (χ2n) is 5.54. The average Bonchev–Trinajstić information content (AvgIpc) is 2.67. The molecule has 0 fully saturated rings. The molecule has 0 bridgehead atoms. The highest BCUT2D eigenvalue weighted by Crippen LogP contribution is 2.23. The van der Waals surface area contributed by atoms with E-state index in [2.05, 4.69) is 10.1 Å². The Bertz CT molecular complexity index is 944. The van der Waals surface area contributed by atoms with Gasteiger partial charge in [0, 0.05) is 5.69 Å². The number of nitriles is 1. The van der Waals surface area contributed by atoms with Crippen molar-refractivity contribution in [3.8, 4) is 11.8 Å². The highest BCUT2D eigenvalue weighted by molar-refractivity contribution is 6.09. The third kappa shape index (κ3) is 6.70. The summed E-state index contributed by atoms with van der Waals surface area (Å²) in [4.78, 5) is 23.9. The molecular formula is C20H15F3N2O4. The SMILES string of the molecule is CCOC(=O)c1ccc(NC(=O)/C(C#N)=C/c2ccc(OC(F)(F)F)cc2)cc1. The third-order valence-electron chi connectivity index (χ3n) is 3.44. The molecule has 0 saturated carbocycles. The molecule has 0 aliphatic heterocycles. The Kier molecular flexibility index (Phi) is 6.98. The number of nitrogens with zero attached hydrogens (tertiary/aromatic N) is 1. The summed E-state index contributed by atoms with van der Waals surface area (Å²) >= 11 is 0. The molecule has 0 aliphatic carbocycles. The predicted octanol–water partition coefficient (Wildman–Crippen LogP) is 4.31. The molecular weight excluding hydrogens is 389 g/mol. The van der Waals surface area contributed by atoms with Crippen LogP contribution in [0.3, 0.4) is 0 Å². The summed E-state index contributed by atoms with van der Waals surface area (Å²) in [5.74, 6) is -1.63. The highest BCUT2D eigenvalue weighted by atomic mass is 19.4. The van der Waals surface area contributed by atoms with Crippen molar-refractivity contribution in [2.24, 2.45) is 0 Å². The molecule has 2 aromatic rings. The van der Waals surface area contributed by atoms with Crippen molar-refractivity contribution in [1.29, 1.82) is 5.26 Å². The van der Waals surface area contributed by atoms with Crippen molar-refractivity contribution in [1.82, 2.24) is 0 Å². The van der Waals surface area contributed by atoms with E-state index in [4.69, 9.17) is 4.74 Å². The first-order chi connectivity index (χ1) is 13.7. The maximum Gasteiger partial charge on any atom is 0.573 e. The quantitative estimate of drug-likeness (QED) is 0.440. The van der Waals surface area contributed by atoms with Crippen LogP contribution in [0.15, 0.2) is 54.1 Å². The Labute approximate surface area is 164 Å². The van der Waals surface area contributed by atoms with Crippen LogP contribution in [-0.2, 0) is 9.53 Å². The molecule has 0 spiro atoms. The molecule has 0 aromatic heterocycles. The standard InChI is InChI=1S/C20H15F3N2O4/c1-2-28-19(27)14-5-7-16(8-6-14)25-18(26)15(12-24)11-13-3-9-17(10-4-13)29-20(21,22)23/h3-11H,2H2,1H3,(H,25,26)/b15-11+. The van der Waals surface area contributed by atoms with Crippen molar-refractivity contribution in [2.75, 3.05) is 11.9 Å². The van der Waals surface area contributed by atoms with E-state index < -0.39 is 24.0 Å². The van der Waals surface area contributed by atoms with Crippen LogP contribution < -0.4 is 10.1 Å². The lowest BCUT2D eigenvalue weighted by Crippen LogP contribution is -2.17. The summed E-state index contributed by atoms with van der Waals surface area (Å²) in [6.45, 7) is 1.91. The first-order valence-corrected chi connectivity index (χ1v) is 8.28. The maximum atomic E-state index is 12.3. The van der Waals surface area contributed by atoms with Crippen LogP contribution in [0.1, 0.15) is 22.8 Å². The molecule has 0 atom stereocenters. The smallest absolute Gasteiger partial charge is 0.462 e. The molecule has 9 heteroatoms. The van der Waals surface area contributed by atoms with Gasteiger partial charge in [0.05, 0.1) is 12.2 Å². The van der Waals surface area contributed by atoms with Gasteiger partial charge in [-0.3, -0.25) is 4.79 Å². The number of ether oxygens (including phenoxy) is 2. The van der Waals surface area contributed by atoms with Gasteiger partial charge in [-0.05, 0) is 55.0 Å². The van der Waals surface area contributed by atoms with E-state index in [-0.39, 0.29) is 12.2 Å². The zero-order valence-corrected chi connectivity index (χ0v) is 15.1. The number of benzene rings is 2. The Morgan fingerprint density at radius 2 is 1.72 bits per heavy atom. The number of halogens is 3. The number of nitrogens with one attached hydrogen (secondary N) is 1. The van der Waals surface area contributed by atoms with Gasteiger partial charge in [-0.2, -0.15) is 5.26 Å². The zero-order chi connectivity index (χ0) is 21.4. The highest BCUT2D eigenvalue weighted by Gasteiger charge is 2.30. The molecule has 1 N–H and O–H groups in total. The Morgan fingerprint density at radius 3 is 2.24 bits per heavy atom. The molecule has 150 valence electrons. The molecule has 0 aliphatic rings. The number of rotatable bonds is 6. The first kappa shape index (κ1) is 21.5. The van der Waals surface area contributed by atoms with Crippen LogP contribution in [-0.4, -0.2) is 24.8 Å². The van der Waals surface area contributed by atoms with Crippen molar-refractivity contribution in [3.63, 3.8) is 0 Å². The van der Waals surface area contributed by atoms with Crippen LogP contribution in [0.4, 0.5) is 18.9 Å². The molecule has 2 aromatic carbocycles. The number of carbonyl (C=O) groups is 2. The largest absolute Gasteiger partial charge is 0.573 e. The second kappa shape index (κ2) is 9.41. The summed E-state index contributed by atoms with van der Waals surface area (Å²) < 4.78 is 45.1. The first-order valence-electron chi connectivity index (χ1n) is 8.28. The minimum atomic E-state index is -4.81. The molecule has 0 heterocycles. The summed E-state index contributed by atoms with van der Waals surface area (Å²) in [5.41, 5.74) is 0.730. The lowest BCUT2D eigenvalue weighted by atomic mass is 10.1. The van der Waals surface area contributed by atoms with Gasteiger partial charge in [0.1, 0.15) is 17.4 Å². The molecule has 0 unspecified atom stereocenters. The van der Waals surface area contributed by atoms with Gasteiger partial charge in [-0.25, -0.2) is 4.79 Å². The van der Waals surface area contributed by atoms with E-state index in [1.54, 1.807) is 13.0 Å². The maximum absolute atomic E-state index is 12.3. The fourth-order valence-corrected chi connectivity index (χ4v) is 2.18. The molecule has 29 heavy (non-hydrogen) atoms. The molecule has 1 amide bonds. The van der Waals surface area contributed by atoms with Gasteiger partial charge in [-0.1, -0.05) is 12.1 Å². The summed E-state index contributed by atoms with van der Waals surface area (Å²) in [6.07, 6.45) is -3.59. The van der Waals surface area contributed by atoms with Crippen LogP contribution in [0, 0.1) is 11.3 Å². The fraction of sp³-hybridized carbons (Fsp3) is 0.150. The van der Waals surface area contributed by atoms with Gasteiger partial charge in [0.15, 0.2) is 0 Å². The van der Waals surface area contributed by atoms with Crippen LogP contribution in [0.25, 0.3) is 6.08 Å². The summed E-state index contributed by atoms with van der Waals surface area (Å²) in [7, 11) is 0. The zero-order valence-electron chi connectivity index (χ0n) is 15.1. The third-order valence-corrected chi connectivity index (χ3v) is 3.44. The minimum absolute atomic E-state index is 0.233. The lowest BCUT2D eigenvalue weighted by Gasteiger charge is -2.08. The average molecular weight is 404 g/mol. The van der Waals surface area contributed by atoms with E-state index in [1.165, 1.54) is 42.5 Å². The van der Waals surface area contributed by atoms with Gasteiger partial charge in [0.25, 0.3) is 5.91 Å². The topological polar surface area (TPSA) is 88.4 Å². The number of carbonyl (C=O) groups excluding carboxylic acids is 2. The number of hydrogen-bond acceptors (Lipinski definition) is 5. The Balaban J connectivity index is 2.08. The van der Waals surface area contributed by atoms with Gasteiger partial charge < -0.3 is 14.8 Å². The Hall–Kier alpha value is -3.80. The molecule has 0 saturated heterocycles. The van der Waals surface area contributed by atoms with Gasteiger partial charge in [0.2, 0.25) is 0 Å². The monoisotopic (exact) mass is 404 g/mol. The predicted molar refractivity (Wildman–Crippen MR) is 97.7 cm³/mol.